The van der Waals surface area contributed by atoms with Gasteiger partial charge in [0.05, 0.1) is 7.11 Å². The van der Waals surface area contributed by atoms with Crippen LogP contribution in [0.3, 0.4) is 0 Å². The van der Waals surface area contributed by atoms with Gasteiger partial charge in [-0.05, 0) is 31.2 Å². The van der Waals surface area contributed by atoms with Gasteiger partial charge in [-0.3, -0.25) is 10.1 Å². The van der Waals surface area contributed by atoms with Gasteiger partial charge in [0.15, 0.2) is 0 Å². The first kappa shape index (κ1) is 13.6. The van der Waals surface area contributed by atoms with Gasteiger partial charge in [-0.25, -0.2) is 0 Å². The molecular weight excluding hydrogens is 288 g/mol. The van der Waals surface area contributed by atoms with E-state index in [-0.39, 0.29) is 12.5 Å². The van der Waals surface area contributed by atoms with Crippen LogP contribution in [0.1, 0.15) is 5.01 Å². The van der Waals surface area contributed by atoms with Gasteiger partial charge in [0.2, 0.25) is 11.0 Å². The summed E-state index contributed by atoms with van der Waals surface area (Å²) in [6, 6.07) is 7.72. The van der Waals surface area contributed by atoms with E-state index in [1.165, 1.54) is 11.3 Å². The minimum Gasteiger partial charge on any atom is -0.497 e. The maximum atomic E-state index is 12.0. The number of aromatic nitrogens is 3. The number of nitrogens with zero attached hydrogens (tertiary/aromatic N) is 3. The number of hydrogen-bond donors (Lipinski definition) is 1. The predicted molar refractivity (Wildman–Crippen MR) is 81.8 cm³/mol. The molecule has 0 aliphatic rings. The monoisotopic (exact) mass is 302 g/mol. The summed E-state index contributed by atoms with van der Waals surface area (Å²) in [6.07, 6.45) is 1.88. The summed E-state index contributed by atoms with van der Waals surface area (Å²) in [5.41, 5.74) is 0.986. The van der Waals surface area contributed by atoms with Crippen LogP contribution in [-0.2, 0) is 11.3 Å². The molecule has 0 bridgehead atoms. The second-order valence-corrected chi connectivity index (χ2v) is 5.72. The van der Waals surface area contributed by atoms with Crippen LogP contribution in [0.4, 0.5) is 5.13 Å². The standard InChI is InChI=1S/C14H14N4O2S/c1-9-16-17-14(21-9)15-13(19)8-18-6-5-10-7-11(20-2)3-4-12(10)18/h3-7H,8H2,1-2H3,(H,15,17,19). The third-order valence-corrected chi connectivity index (χ3v) is 3.82. The first-order valence-electron chi connectivity index (χ1n) is 6.38. The fourth-order valence-corrected chi connectivity index (χ4v) is 2.71. The van der Waals surface area contributed by atoms with Crippen LogP contribution in [0, 0.1) is 6.92 Å². The second kappa shape index (κ2) is 5.53. The Labute approximate surface area is 125 Å². The van der Waals surface area contributed by atoms with E-state index in [1.54, 1.807) is 7.11 Å². The molecule has 0 saturated heterocycles. The van der Waals surface area contributed by atoms with Crippen molar-refractivity contribution in [3.63, 3.8) is 0 Å². The topological polar surface area (TPSA) is 69.0 Å². The molecule has 0 aliphatic carbocycles. The average Bonchev–Trinajstić information content (AvgIpc) is 3.05. The van der Waals surface area contributed by atoms with E-state index in [0.29, 0.717) is 5.13 Å². The summed E-state index contributed by atoms with van der Waals surface area (Å²) >= 11 is 1.36. The molecule has 2 heterocycles. The molecule has 7 heteroatoms. The van der Waals surface area contributed by atoms with Crippen molar-refractivity contribution in [3.05, 3.63) is 35.5 Å². The fraction of sp³-hybridized carbons (Fsp3) is 0.214. The molecule has 0 spiro atoms. The SMILES string of the molecule is COc1ccc2c(ccn2CC(=O)Nc2nnc(C)s2)c1. The quantitative estimate of drug-likeness (QED) is 0.803. The van der Waals surface area contributed by atoms with Crippen LogP contribution in [0.5, 0.6) is 5.75 Å². The summed E-state index contributed by atoms with van der Waals surface area (Å²) < 4.78 is 7.08. The number of benzene rings is 1. The number of carbonyl (C=O) groups is 1. The molecular formula is C14H14N4O2S. The van der Waals surface area contributed by atoms with Crippen molar-refractivity contribution in [2.75, 3.05) is 12.4 Å². The van der Waals surface area contributed by atoms with Crippen molar-refractivity contribution >= 4 is 33.3 Å². The third-order valence-electron chi connectivity index (χ3n) is 3.06. The van der Waals surface area contributed by atoms with Crippen LogP contribution >= 0.6 is 11.3 Å². The fourth-order valence-electron chi connectivity index (χ4n) is 2.10. The maximum Gasteiger partial charge on any atom is 0.246 e. The van der Waals surface area contributed by atoms with E-state index < -0.39 is 0 Å². The van der Waals surface area contributed by atoms with Gasteiger partial charge < -0.3 is 9.30 Å². The number of fused-ring (bicyclic) bond motifs is 1. The Hall–Kier alpha value is -2.41. The number of carbonyl (C=O) groups excluding carboxylic acids is 1. The van der Waals surface area contributed by atoms with Crippen LogP contribution in [0.25, 0.3) is 10.9 Å². The Morgan fingerprint density at radius 3 is 2.95 bits per heavy atom. The lowest BCUT2D eigenvalue weighted by Gasteiger charge is -2.05. The number of nitrogens with one attached hydrogen (secondary N) is 1. The molecule has 0 unspecified atom stereocenters. The molecule has 1 N–H and O–H groups in total. The molecule has 1 amide bonds. The van der Waals surface area contributed by atoms with Crippen LogP contribution in [0.2, 0.25) is 0 Å². The first-order valence-corrected chi connectivity index (χ1v) is 7.20. The molecule has 0 fully saturated rings. The Bertz CT molecular complexity index is 793. The van der Waals surface area contributed by atoms with E-state index in [0.717, 1.165) is 21.7 Å². The van der Waals surface area contributed by atoms with Gasteiger partial charge >= 0.3 is 0 Å². The predicted octanol–water partition coefficient (Wildman–Crippen LogP) is 2.45. The second-order valence-electron chi connectivity index (χ2n) is 4.54. The van der Waals surface area contributed by atoms with E-state index >= 15 is 0 Å². The highest BCUT2D eigenvalue weighted by atomic mass is 32.1. The number of anilines is 1. The summed E-state index contributed by atoms with van der Waals surface area (Å²) in [7, 11) is 1.63. The molecule has 1 aromatic carbocycles. The number of hydrogen-bond acceptors (Lipinski definition) is 5. The van der Waals surface area contributed by atoms with Crippen molar-refractivity contribution in [2.24, 2.45) is 0 Å². The number of rotatable bonds is 4. The molecule has 3 rings (SSSR count). The van der Waals surface area contributed by atoms with Gasteiger partial charge in [0.25, 0.3) is 0 Å². The highest BCUT2D eigenvalue weighted by molar-refractivity contribution is 7.15. The lowest BCUT2D eigenvalue weighted by atomic mass is 10.2. The van der Waals surface area contributed by atoms with Gasteiger partial charge in [-0.1, -0.05) is 11.3 Å². The number of ether oxygens (including phenoxy) is 1. The lowest BCUT2D eigenvalue weighted by Crippen LogP contribution is -2.18. The van der Waals surface area contributed by atoms with E-state index in [9.17, 15) is 4.79 Å². The highest BCUT2D eigenvalue weighted by Crippen LogP contribution is 2.22. The molecule has 6 nitrogen and oxygen atoms in total. The number of aryl methyl sites for hydroxylation is 1. The number of methoxy groups -OCH3 is 1. The third kappa shape index (κ3) is 2.87. The van der Waals surface area contributed by atoms with Crippen molar-refractivity contribution < 1.29 is 9.53 Å². The average molecular weight is 302 g/mol. The minimum absolute atomic E-state index is 0.125. The zero-order valence-electron chi connectivity index (χ0n) is 11.7. The van der Waals surface area contributed by atoms with E-state index in [4.69, 9.17) is 4.74 Å². The zero-order chi connectivity index (χ0) is 14.8. The number of amides is 1. The summed E-state index contributed by atoms with van der Waals surface area (Å²) in [4.78, 5) is 12.0. The summed E-state index contributed by atoms with van der Waals surface area (Å²) in [6.45, 7) is 2.08. The largest absolute Gasteiger partial charge is 0.497 e. The van der Waals surface area contributed by atoms with Gasteiger partial charge in [-0.15, -0.1) is 10.2 Å². The van der Waals surface area contributed by atoms with Gasteiger partial charge in [-0.2, -0.15) is 0 Å². The smallest absolute Gasteiger partial charge is 0.246 e. The Morgan fingerprint density at radius 1 is 1.38 bits per heavy atom. The van der Waals surface area contributed by atoms with Crippen LogP contribution in [-0.4, -0.2) is 27.8 Å². The maximum absolute atomic E-state index is 12.0. The van der Waals surface area contributed by atoms with Crippen LogP contribution < -0.4 is 10.1 Å². The molecule has 0 saturated carbocycles. The van der Waals surface area contributed by atoms with Crippen molar-refractivity contribution in [1.82, 2.24) is 14.8 Å². The normalized spacial score (nSPS) is 10.8. The molecule has 2 aromatic heterocycles. The van der Waals surface area contributed by atoms with Gasteiger partial charge in [0, 0.05) is 17.1 Å². The van der Waals surface area contributed by atoms with Crippen molar-refractivity contribution in [3.8, 4) is 5.75 Å². The molecule has 0 radical (unpaired) electrons. The zero-order valence-corrected chi connectivity index (χ0v) is 12.5. The lowest BCUT2D eigenvalue weighted by molar-refractivity contribution is -0.116. The van der Waals surface area contributed by atoms with Gasteiger partial charge in [0.1, 0.15) is 17.3 Å². The summed E-state index contributed by atoms with van der Waals surface area (Å²) in [5, 5.41) is 12.9. The minimum atomic E-state index is -0.125. The summed E-state index contributed by atoms with van der Waals surface area (Å²) in [5.74, 6) is 0.675. The Morgan fingerprint density at radius 2 is 2.24 bits per heavy atom. The van der Waals surface area contributed by atoms with Crippen molar-refractivity contribution in [2.45, 2.75) is 13.5 Å². The molecule has 0 atom stereocenters. The highest BCUT2D eigenvalue weighted by Gasteiger charge is 2.09. The first-order chi connectivity index (χ1) is 10.2. The molecule has 0 aliphatic heterocycles. The molecule has 21 heavy (non-hydrogen) atoms. The van der Waals surface area contributed by atoms with Crippen molar-refractivity contribution in [1.29, 1.82) is 0 Å². The Balaban J connectivity index is 1.76. The van der Waals surface area contributed by atoms with E-state index in [2.05, 4.69) is 15.5 Å². The van der Waals surface area contributed by atoms with E-state index in [1.807, 2.05) is 42.0 Å². The molecule has 3 aromatic rings. The van der Waals surface area contributed by atoms with Crippen LogP contribution in [0.15, 0.2) is 30.5 Å². The Kier molecular flexibility index (Phi) is 3.57. The molecule has 108 valence electrons.